The highest BCUT2D eigenvalue weighted by Crippen LogP contribution is 2.36. The lowest BCUT2D eigenvalue weighted by Crippen LogP contribution is -2.72. The van der Waals surface area contributed by atoms with E-state index >= 15 is 0 Å². The molecule has 2 fully saturated rings. The summed E-state index contributed by atoms with van der Waals surface area (Å²) in [4.78, 5) is 41.1. The average Bonchev–Trinajstić information content (AvgIpc) is 2.84. The Morgan fingerprint density at radius 3 is 2.44 bits per heavy atom. The van der Waals surface area contributed by atoms with Gasteiger partial charge in [-0.15, -0.1) is 11.8 Å². The first-order chi connectivity index (χ1) is 15.4. The van der Waals surface area contributed by atoms with Gasteiger partial charge in [0, 0.05) is 25.2 Å². The van der Waals surface area contributed by atoms with Crippen LogP contribution >= 0.6 is 11.8 Å². The number of carbonyl (C=O) groups is 3. The number of carbonyl (C=O) groups excluding carboxylic acids is 3. The standard InChI is InChI=1S/C23H26N4O4S/c1-26-20-18(22(29)27(2)23(26)30)21(32-13-16(28)14-9-5-4-6-10-14)25-19(24-20)15-11-7-8-12-17(15)31-3/h4-12,18-21,24-25H,13H2,1-3H3. The molecule has 2 aliphatic heterocycles. The number of thioether (sulfide) groups is 1. The Bertz CT molecular complexity index is 1020. The monoisotopic (exact) mass is 454 g/mol. The summed E-state index contributed by atoms with van der Waals surface area (Å²) in [5.41, 5.74) is 1.49. The van der Waals surface area contributed by atoms with E-state index in [9.17, 15) is 14.4 Å². The van der Waals surface area contributed by atoms with E-state index in [2.05, 4.69) is 10.6 Å². The number of Topliss-reactive ketones (excluding diaryl/α,β-unsaturated/α-hetero) is 1. The first-order valence-corrected chi connectivity index (χ1v) is 11.4. The number of rotatable bonds is 6. The van der Waals surface area contributed by atoms with Gasteiger partial charge in [0.05, 0.1) is 36.5 Å². The number of ketones is 1. The molecule has 4 rings (SSSR count). The molecule has 2 saturated heterocycles. The van der Waals surface area contributed by atoms with Crippen LogP contribution in [0.5, 0.6) is 5.75 Å². The molecule has 8 nitrogen and oxygen atoms in total. The Morgan fingerprint density at radius 2 is 1.72 bits per heavy atom. The quantitative estimate of drug-likeness (QED) is 0.647. The van der Waals surface area contributed by atoms with Gasteiger partial charge in [-0.2, -0.15) is 0 Å². The minimum atomic E-state index is -0.553. The lowest BCUT2D eigenvalue weighted by molar-refractivity contribution is -0.140. The van der Waals surface area contributed by atoms with Crippen molar-refractivity contribution in [3.8, 4) is 5.75 Å². The van der Waals surface area contributed by atoms with Crippen LogP contribution < -0.4 is 15.4 Å². The fourth-order valence-electron chi connectivity index (χ4n) is 4.16. The zero-order valence-corrected chi connectivity index (χ0v) is 19.0. The number of urea groups is 1. The van der Waals surface area contributed by atoms with Crippen LogP contribution in [0.1, 0.15) is 22.1 Å². The van der Waals surface area contributed by atoms with Crippen LogP contribution in [0.2, 0.25) is 0 Å². The topological polar surface area (TPSA) is 91.0 Å². The molecule has 0 bridgehead atoms. The Balaban J connectivity index is 1.62. The third kappa shape index (κ3) is 4.11. The molecule has 2 N–H and O–H groups in total. The fourth-order valence-corrected chi connectivity index (χ4v) is 5.36. The summed E-state index contributed by atoms with van der Waals surface area (Å²) in [5.74, 6) is 0.0530. The van der Waals surface area contributed by atoms with E-state index in [4.69, 9.17) is 4.74 Å². The predicted octanol–water partition coefficient (Wildman–Crippen LogP) is 2.29. The molecule has 4 unspecified atom stereocenters. The van der Waals surface area contributed by atoms with E-state index in [1.807, 2.05) is 42.5 Å². The van der Waals surface area contributed by atoms with Gasteiger partial charge in [-0.05, 0) is 6.07 Å². The first-order valence-electron chi connectivity index (χ1n) is 10.3. The van der Waals surface area contributed by atoms with Gasteiger partial charge in [-0.3, -0.25) is 25.1 Å². The van der Waals surface area contributed by atoms with Gasteiger partial charge < -0.3 is 9.64 Å². The molecule has 0 radical (unpaired) electrons. The van der Waals surface area contributed by atoms with E-state index in [-0.39, 0.29) is 29.6 Å². The molecule has 4 atom stereocenters. The highest BCUT2D eigenvalue weighted by molar-refractivity contribution is 8.00. The van der Waals surface area contributed by atoms with Crippen molar-refractivity contribution in [2.24, 2.45) is 5.92 Å². The molecular formula is C23H26N4O4S. The zero-order chi connectivity index (χ0) is 22.8. The Morgan fingerprint density at radius 1 is 1.03 bits per heavy atom. The van der Waals surface area contributed by atoms with E-state index in [1.165, 1.54) is 18.8 Å². The first kappa shape index (κ1) is 22.3. The smallest absolute Gasteiger partial charge is 0.327 e. The molecule has 0 spiro atoms. The van der Waals surface area contributed by atoms with E-state index in [1.54, 1.807) is 31.2 Å². The molecule has 2 aromatic rings. The second kappa shape index (κ2) is 9.32. The molecule has 0 aromatic heterocycles. The van der Waals surface area contributed by atoms with Crippen molar-refractivity contribution >= 4 is 29.5 Å². The zero-order valence-electron chi connectivity index (χ0n) is 18.1. The largest absolute Gasteiger partial charge is 0.496 e. The van der Waals surface area contributed by atoms with Gasteiger partial charge in [-0.1, -0.05) is 48.5 Å². The number of benzene rings is 2. The van der Waals surface area contributed by atoms with Crippen molar-refractivity contribution in [3.05, 3.63) is 65.7 Å². The van der Waals surface area contributed by atoms with Crippen LogP contribution in [0.3, 0.4) is 0 Å². The van der Waals surface area contributed by atoms with Crippen molar-refractivity contribution < 1.29 is 19.1 Å². The van der Waals surface area contributed by atoms with Crippen molar-refractivity contribution in [1.29, 1.82) is 0 Å². The number of methoxy groups -OCH3 is 1. The van der Waals surface area contributed by atoms with Crippen molar-refractivity contribution in [2.45, 2.75) is 17.7 Å². The molecular weight excluding hydrogens is 428 g/mol. The third-order valence-corrected chi connectivity index (χ3v) is 7.11. The van der Waals surface area contributed by atoms with Crippen LogP contribution in [0.15, 0.2) is 54.6 Å². The highest BCUT2D eigenvalue weighted by Gasteiger charge is 2.51. The molecule has 2 heterocycles. The lowest BCUT2D eigenvalue weighted by atomic mass is 9.95. The number of ether oxygens (including phenoxy) is 1. The molecule has 0 saturated carbocycles. The van der Waals surface area contributed by atoms with Gasteiger partial charge in [0.1, 0.15) is 5.75 Å². The molecule has 168 valence electrons. The summed E-state index contributed by atoms with van der Waals surface area (Å²) in [6.45, 7) is 0. The van der Waals surface area contributed by atoms with E-state index < -0.39 is 17.5 Å². The minimum absolute atomic E-state index is 0.0117. The molecule has 2 aliphatic rings. The number of fused-ring (bicyclic) bond motifs is 1. The molecule has 9 heteroatoms. The van der Waals surface area contributed by atoms with Gasteiger partial charge in [-0.25, -0.2) is 4.79 Å². The third-order valence-electron chi connectivity index (χ3n) is 5.90. The summed E-state index contributed by atoms with van der Waals surface area (Å²) < 4.78 is 5.52. The normalized spacial score (nSPS) is 25.5. The number of hydrogen-bond donors (Lipinski definition) is 2. The van der Waals surface area contributed by atoms with Gasteiger partial charge in [0.2, 0.25) is 5.91 Å². The molecule has 0 aliphatic carbocycles. The second-order valence-corrected chi connectivity index (χ2v) is 8.92. The molecule has 3 amide bonds. The van der Waals surface area contributed by atoms with Crippen LogP contribution in [0.25, 0.3) is 0 Å². The number of hydrogen-bond acceptors (Lipinski definition) is 7. The summed E-state index contributed by atoms with van der Waals surface area (Å²) in [6.07, 6.45) is -0.894. The van der Waals surface area contributed by atoms with Crippen LogP contribution in [0.4, 0.5) is 4.79 Å². The predicted molar refractivity (Wildman–Crippen MR) is 122 cm³/mol. The van der Waals surface area contributed by atoms with E-state index in [0.717, 1.165) is 10.5 Å². The van der Waals surface area contributed by atoms with Gasteiger partial charge >= 0.3 is 6.03 Å². The number of para-hydroxylation sites is 1. The van der Waals surface area contributed by atoms with Crippen LogP contribution in [-0.2, 0) is 4.79 Å². The summed E-state index contributed by atoms with van der Waals surface area (Å²) >= 11 is 1.38. The Labute approximate surface area is 191 Å². The van der Waals surface area contributed by atoms with Gasteiger partial charge in [0.15, 0.2) is 5.78 Å². The van der Waals surface area contributed by atoms with Crippen molar-refractivity contribution in [3.63, 3.8) is 0 Å². The summed E-state index contributed by atoms with van der Waals surface area (Å²) in [7, 11) is 4.77. The Hall–Kier alpha value is -2.88. The highest BCUT2D eigenvalue weighted by atomic mass is 32.2. The summed E-state index contributed by atoms with van der Waals surface area (Å²) in [6, 6.07) is 16.3. The molecule has 2 aromatic carbocycles. The lowest BCUT2D eigenvalue weighted by Gasteiger charge is -2.50. The Kier molecular flexibility index (Phi) is 6.50. The fraction of sp³-hybridized carbons (Fsp3) is 0.348. The second-order valence-electron chi connectivity index (χ2n) is 7.79. The maximum Gasteiger partial charge on any atom is 0.327 e. The maximum absolute atomic E-state index is 13.1. The van der Waals surface area contributed by atoms with Crippen LogP contribution in [0, 0.1) is 5.92 Å². The number of amides is 3. The maximum atomic E-state index is 13.1. The number of imide groups is 1. The SMILES string of the molecule is COc1ccccc1C1NC(SCC(=O)c2ccccc2)C2C(=O)N(C)C(=O)N(C)C2N1. The number of nitrogens with zero attached hydrogens (tertiary/aromatic N) is 2. The summed E-state index contributed by atoms with van der Waals surface area (Å²) in [5, 5.41) is 6.47. The minimum Gasteiger partial charge on any atom is -0.496 e. The van der Waals surface area contributed by atoms with Crippen molar-refractivity contribution in [1.82, 2.24) is 20.4 Å². The van der Waals surface area contributed by atoms with Crippen LogP contribution in [-0.4, -0.2) is 66.0 Å². The average molecular weight is 455 g/mol. The van der Waals surface area contributed by atoms with E-state index in [0.29, 0.717) is 11.3 Å². The number of nitrogens with one attached hydrogen (secondary N) is 2. The molecule has 32 heavy (non-hydrogen) atoms. The van der Waals surface area contributed by atoms with Gasteiger partial charge in [0.25, 0.3) is 0 Å². The van der Waals surface area contributed by atoms with Crippen molar-refractivity contribution in [2.75, 3.05) is 27.0 Å².